The molecule has 0 aliphatic carbocycles. The maximum Gasteiger partial charge on any atom is 0.287 e. The van der Waals surface area contributed by atoms with Crippen LogP contribution in [0.5, 0.6) is 0 Å². The number of aromatic nitrogens is 1. The fraction of sp³-hybridized carbons (Fsp3) is 0.143. The maximum absolute atomic E-state index is 11.9. The van der Waals surface area contributed by atoms with Crippen LogP contribution in [-0.2, 0) is 4.79 Å². The maximum atomic E-state index is 11.9. The fourth-order valence-corrected chi connectivity index (χ4v) is 2.44. The molecule has 0 unspecified atom stereocenters. The number of hydrogen-bond acceptors (Lipinski definition) is 5. The molecule has 0 saturated carbocycles. The number of carbonyl (C=O) groups is 1. The molecule has 2 rings (SSSR count). The van der Waals surface area contributed by atoms with Gasteiger partial charge in [-0.15, -0.1) is 0 Å². The van der Waals surface area contributed by atoms with Crippen molar-refractivity contribution in [2.24, 2.45) is 0 Å². The van der Waals surface area contributed by atoms with Crippen LogP contribution in [0.15, 0.2) is 41.6 Å². The predicted molar refractivity (Wildman–Crippen MR) is 86.4 cm³/mol. The molecule has 2 aromatic rings. The average molecular weight is 338 g/mol. The molecule has 1 aromatic heterocycles. The third kappa shape index (κ3) is 4.44. The summed E-state index contributed by atoms with van der Waals surface area (Å²) in [7, 11) is 0. The van der Waals surface area contributed by atoms with Crippen LogP contribution >= 0.6 is 23.4 Å². The molecule has 1 heterocycles. The number of thioether (sulfide) groups is 1. The number of aryl methyl sites for hydroxylation is 1. The lowest BCUT2D eigenvalue weighted by atomic mass is 10.2. The zero-order valence-corrected chi connectivity index (χ0v) is 13.1. The molecule has 0 fully saturated rings. The van der Waals surface area contributed by atoms with Crippen LogP contribution in [0.4, 0.5) is 11.4 Å². The summed E-state index contributed by atoms with van der Waals surface area (Å²) in [6.07, 6.45) is 1.17. The molecule has 0 radical (unpaired) electrons. The van der Waals surface area contributed by atoms with Gasteiger partial charge in [0.05, 0.1) is 15.7 Å². The Bertz CT molecular complexity index is 707. The summed E-state index contributed by atoms with van der Waals surface area (Å²) >= 11 is 7.09. The van der Waals surface area contributed by atoms with E-state index in [0.717, 1.165) is 5.56 Å². The van der Waals surface area contributed by atoms with E-state index in [9.17, 15) is 14.9 Å². The van der Waals surface area contributed by atoms with Crippen molar-refractivity contribution < 1.29 is 9.72 Å². The van der Waals surface area contributed by atoms with Gasteiger partial charge in [0, 0.05) is 16.8 Å². The van der Waals surface area contributed by atoms with E-state index in [-0.39, 0.29) is 17.3 Å². The van der Waals surface area contributed by atoms with Gasteiger partial charge in [-0.2, -0.15) is 0 Å². The first-order valence-corrected chi connectivity index (χ1v) is 7.61. The minimum Gasteiger partial charge on any atom is -0.325 e. The molecule has 0 bridgehead atoms. The summed E-state index contributed by atoms with van der Waals surface area (Å²) in [6.45, 7) is 1.87. The second kappa shape index (κ2) is 7.24. The first kappa shape index (κ1) is 16.3. The van der Waals surface area contributed by atoms with Crippen LogP contribution in [0.1, 0.15) is 5.56 Å². The molecular weight excluding hydrogens is 326 g/mol. The molecule has 1 N–H and O–H groups in total. The normalized spacial score (nSPS) is 10.3. The number of benzene rings is 1. The van der Waals surface area contributed by atoms with E-state index in [2.05, 4.69) is 10.3 Å². The van der Waals surface area contributed by atoms with Gasteiger partial charge < -0.3 is 5.32 Å². The second-order valence-corrected chi connectivity index (χ2v) is 5.84. The SMILES string of the molecule is Cc1ccc(Cl)cc1NC(=O)CSc1ccc([N+](=O)[O-])cn1. The minimum absolute atomic E-state index is 0.0802. The van der Waals surface area contributed by atoms with Crippen LogP contribution in [0.3, 0.4) is 0 Å². The van der Waals surface area contributed by atoms with Gasteiger partial charge >= 0.3 is 0 Å². The summed E-state index contributed by atoms with van der Waals surface area (Å²) in [5.41, 5.74) is 1.49. The van der Waals surface area contributed by atoms with Gasteiger partial charge in [0.2, 0.25) is 5.91 Å². The Morgan fingerprint density at radius 1 is 1.41 bits per heavy atom. The van der Waals surface area contributed by atoms with E-state index < -0.39 is 4.92 Å². The van der Waals surface area contributed by atoms with Crippen LogP contribution in [0, 0.1) is 17.0 Å². The summed E-state index contributed by atoms with van der Waals surface area (Å²) in [6, 6.07) is 8.13. The lowest BCUT2D eigenvalue weighted by Gasteiger charge is -2.08. The number of nitro groups is 1. The van der Waals surface area contributed by atoms with Crippen molar-refractivity contribution >= 4 is 40.6 Å². The highest BCUT2D eigenvalue weighted by atomic mass is 35.5. The molecule has 114 valence electrons. The van der Waals surface area contributed by atoms with Gasteiger partial charge in [-0.05, 0) is 30.7 Å². The van der Waals surface area contributed by atoms with Crippen LogP contribution in [-0.4, -0.2) is 21.6 Å². The third-order valence-electron chi connectivity index (χ3n) is 2.76. The highest BCUT2D eigenvalue weighted by molar-refractivity contribution is 7.99. The number of anilines is 1. The number of hydrogen-bond donors (Lipinski definition) is 1. The minimum atomic E-state index is -0.518. The number of rotatable bonds is 5. The van der Waals surface area contributed by atoms with Crippen LogP contribution < -0.4 is 5.32 Å². The van der Waals surface area contributed by atoms with Crippen LogP contribution in [0.2, 0.25) is 5.02 Å². The molecule has 0 aliphatic heterocycles. The van der Waals surface area contributed by atoms with Crippen LogP contribution in [0.25, 0.3) is 0 Å². The van der Waals surface area contributed by atoms with Crippen molar-refractivity contribution in [3.8, 4) is 0 Å². The van der Waals surface area contributed by atoms with Gasteiger partial charge in [-0.25, -0.2) is 4.98 Å². The fourth-order valence-electron chi connectivity index (χ4n) is 1.62. The lowest BCUT2D eigenvalue weighted by molar-refractivity contribution is -0.385. The Morgan fingerprint density at radius 2 is 2.18 bits per heavy atom. The zero-order chi connectivity index (χ0) is 16.1. The second-order valence-electron chi connectivity index (χ2n) is 4.41. The molecule has 0 atom stereocenters. The molecule has 22 heavy (non-hydrogen) atoms. The van der Waals surface area contributed by atoms with Crippen molar-refractivity contribution in [3.63, 3.8) is 0 Å². The van der Waals surface area contributed by atoms with E-state index in [4.69, 9.17) is 11.6 Å². The van der Waals surface area contributed by atoms with Crippen molar-refractivity contribution in [1.82, 2.24) is 4.98 Å². The molecule has 0 saturated heterocycles. The molecule has 0 spiro atoms. The zero-order valence-electron chi connectivity index (χ0n) is 11.6. The number of nitrogens with one attached hydrogen (secondary N) is 1. The first-order chi connectivity index (χ1) is 10.5. The van der Waals surface area contributed by atoms with Crippen molar-refractivity contribution in [2.45, 2.75) is 11.9 Å². The Morgan fingerprint density at radius 3 is 2.82 bits per heavy atom. The molecule has 0 aliphatic rings. The average Bonchev–Trinajstić information content (AvgIpc) is 2.49. The lowest BCUT2D eigenvalue weighted by Crippen LogP contribution is -2.14. The Hall–Kier alpha value is -2.12. The Balaban J connectivity index is 1.92. The standard InChI is InChI=1S/C14H12ClN3O3S/c1-9-2-3-10(15)6-12(9)17-13(19)8-22-14-5-4-11(7-16-14)18(20)21/h2-7H,8H2,1H3,(H,17,19). The van der Waals surface area contributed by atoms with Crippen molar-refractivity contribution in [3.05, 3.63) is 57.2 Å². The van der Waals surface area contributed by atoms with E-state index >= 15 is 0 Å². The summed E-state index contributed by atoms with van der Waals surface area (Å²) in [5.74, 6) is -0.0490. The predicted octanol–water partition coefficient (Wildman–Crippen LogP) is 3.68. The molecule has 8 heteroatoms. The molecule has 1 aromatic carbocycles. The number of nitrogens with zero attached hydrogens (tertiary/aromatic N) is 2. The topological polar surface area (TPSA) is 85.1 Å². The van der Waals surface area contributed by atoms with Gasteiger partial charge in [-0.3, -0.25) is 14.9 Å². The highest BCUT2D eigenvalue weighted by Crippen LogP contribution is 2.22. The van der Waals surface area contributed by atoms with Crippen molar-refractivity contribution in [1.29, 1.82) is 0 Å². The van der Waals surface area contributed by atoms with E-state index in [0.29, 0.717) is 15.7 Å². The molecular formula is C14H12ClN3O3S. The molecule has 1 amide bonds. The van der Waals surface area contributed by atoms with E-state index in [1.807, 2.05) is 13.0 Å². The third-order valence-corrected chi connectivity index (χ3v) is 3.94. The quantitative estimate of drug-likeness (QED) is 0.511. The summed E-state index contributed by atoms with van der Waals surface area (Å²) in [4.78, 5) is 25.9. The number of pyridine rings is 1. The molecule has 6 nitrogen and oxygen atoms in total. The van der Waals surface area contributed by atoms with E-state index in [1.165, 1.54) is 30.1 Å². The van der Waals surface area contributed by atoms with Gasteiger partial charge in [0.25, 0.3) is 5.69 Å². The smallest absolute Gasteiger partial charge is 0.287 e. The monoisotopic (exact) mass is 337 g/mol. The Kier molecular flexibility index (Phi) is 5.35. The number of amides is 1. The van der Waals surface area contributed by atoms with Gasteiger partial charge in [-0.1, -0.05) is 29.4 Å². The highest BCUT2D eigenvalue weighted by Gasteiger charge is 2.09. The summed E-state index contributed by atoms with van der Waals surface area (Å²) < 4.78 is 0. The van der Waals surface area contributed by atoms with E-state index in [1.54, 1.807) is 12.1 Å². The largest absolute Gasteiger partial charge is 0.325 e. The number of carbonyl (C=O) groups excluding carboxylic acids is 1. The Labute approximate surface area is 136 Å². The number of halogens is 1. The van der Waals surface area contributed by atoms with Gasteiger partial charge in [0.15, 0.2) is 0 Å². The summed E-state index contributed by atoms with van der Waals surface area (Å²) in [5, 5.41) is 14.4. The van der Waals surface area contributed by atoms with Gasteiger partial charge in [0.1, 0.15) is 6.20 Å². The van der Waals surface area contributed by atoms with Crippen molar-refractivity contribution in [2.75, 3.05) is 11.1 Å². The first-order valence-electron chi connectivity index (χ1n) is 6.25.